The molecule has 8 heteroatoms. The third-order valence-electron chi connectivity index (χ3n) is 5.35. The molecule has 4 rings (SSSR count). The van der Waals surface area contributed by atoms with E-state index in [2.05, 4.69) is 10.3 Å². The number of hydrogen-bond donors (Lipinski definition) is 0. The normalized spacial score (nSPS) is 17.2. The second-order valence-electron chi connectivity index (χ2n) is 7.17. The van der Waals surface area contributed by atoms with E-state index in [1.54, 1.807) is 14.2 Å². The van der Waals surface area contributed by atoms with Crippen molar-refractivity contribution in [3.05, 3.63) is 52.9 Å². The maximum atomic E-state index is 13.3. The van der Waals surface area contributed by atoms with Gasteiger partial charge >= 0.3 is 0 Å². The summed E-state index contributed by atoms with van der Waals surface area (Å²) in [5.41, 5.74) is 2.06. The monoisotopic (exact) mass is 414 g/mol. The van der Waals surface area contributed by atoms with Crippen LogP contribution in [0.4, 0.5) is 0 Å². The minimum atomic E-state index is -0.160. The van der Waals surface area contributed by atoms with E-state index in [-0.39, 0.29) is 11.9 Å². The van der Waals surface area contributed by atoms with E-state index < -0.39 is 0 Å². The summed E-state index contributed by atoms with van der Waals surface area (Å²) in [6, 6.07) is 9.37. The van der Waals surface area contributed by atoms with E-state index in [4.69, 9.17) is 20.9 Å². The molecule has 0 bridgehead atoms. The number of benzene rings is 1. The fraction of sp³-hybridized carbons (Fsp3) is 0.381. The van der Waals surface area contributed by atoms with Crippen LogP contribution in [0.3, 0.4) is 0 Å². The van der Waals surface area contributed by atoms with Crippen LogP contribution >= 0.6 is 11.6 Å². The molecule has 1 amide bonds. The molecule has 29 heavy (non-hydrogen) atoms. The summed E-state index contributed by atoms with van der Waals surface area (Å²) in [7, 11) is 3.36. The van der Waals surface area contributed by atoms with Gasteiger partial charge in [0.25, 0.3) is 5.91 Å². The summed E-state index contributed by atoms with van der Waals surface area (Å²) in [4.78, 5) is 15.1. The van der Waals surface area contributed by atoms with Gasteiger partial charge in [0.15, 0.2) is 5.76 Å². The first kappa shape index (κ1) is 19.5. The van der Waals surface area contributed by atoms with Gasteiger partial charge in [-0.3, -0.25) is 9.48 Å². The molecule has 152 valence electrons. The Morgan fingerprint density at radius 3 is 2.72 bits per heavy atom. The average molecular weight is 415 g/mol. The fourth-order valence-electron chi connectivity index (χ4n) is 3.78. The lowest BCUT2D eigenvalue weighted by atomic mass is 10.0. The Morgan fingerprint density at radius 2 is 2.03 bits per heavy atom. The minimum absolute atomic E-state index is 0.129. The highest BCUT2D eigenvalue weighted by molar-refractivity contribution is 6.33. The second-order valence-corrected chi connectivity index (χ2v) is 7.58. The van der Waals surface area contributed by atoms with E-state index >= 15 is 0 Å². The van der Waals surface area contributed by atoms with E-state index in [1.165, 1.54) is 10.9 Å². The van der Waals surface area contributed by atoms with Crippen LogP contribution in [-0.4, -0.2) is 39.4 Å². The van der Waals surface area contributed by atoms with Gasteiger partial charge in [-0.1, -0.05) is 29.6 Å². The van der Waals surface area contributed by atoms with Crippen LogP contribution in [0.25, 0.3) is 11.3 Å². The Kier molecular flexibility index (Phi) is 5.58. The number of halogens is 1. The van der Waals surface area contributed by atoms with E-state index in [9.17, 15) is 4.79 Å². The van der Waals surface area contributed by atoms with Gasteiger partial charge in [0, 0.05) is 25.2 Å². The number of likely N-dealkylation sites (tertiary alicyclic amines) is 1. The Hall–Kier alpha value is -2.80. The van der Waals surface area contributed by atoms with Crippen LogP contribution in [0.1, 0.15) is 47.9 Å². The Morgan fingerprint density at radius 1 is 1.24 bits per heavy atom. The van der Waals surface area contributed by atoms with Crippen molar-refractivity contribution >= 4 is 17.5 Å². The molecule has 0 radical (unpaired) electrons. The number of carbonyl (C=O) groups excluding carboxylic acids is 1. The number of carbonyl (C=O) groups is 1. The zero-order valence-corrected chi connectivity index (χ0v) is 17.2. The van der Waals surface area contributed by atoms with Crippen LogP contribution in [-0.2, 0) is 7.05 Å². The van der Waals surface area contributed by atoms with Crippen LogP contribution < -0.4 is 4.74 Å². The summed E-state index contributed by atoms with van der Waals surface area (Å²) in [5.74, 6) is 1.32. The third-order valence-corrected chi connectivity index (χ3v) is 5.63. The summed E-state index contributed by atoms with van der Waals surface area (Å²) in [6.07, 6.45) is 5.37. The van der Waals surface area contributed by atoms with E-state index in [0.29, 0.717) is 23.0 Å². The molecule has 1 atom stereocenters. The predicted octanol–water partition coefficient (Wildman–Crippen LogP) is 4.49. The van der Waals surface area contributed by atoms with Crippen molar-refractivity contribution < 1.29 is 14.1 Å². The molecule has 2 aromatic heterocycles. The molecule has 0 N–H and O–H groups in total. The number of amides is 1. The van der Waals surface area contributed by atoms with Gasteiger partial charge in [0.05, 0.1) is 24.4 Å². The SMILES string of the molecule is COc1ccc(-c2cc(C3CCCCCN3C(=O)c3c(Cl)cnn3C)no2)cc1. The zero-order chi connectivity index (χ0) is 20.4. The van der Waals surface area contributed by atoms with Crippen LogP contribution in [0.15, 0.2) is 41.1 Å². The first-order valence-electron chi connectivity index (χ1n) is 9.68. The number of ether oxygens (including phenoxy) is 1. The maximum Gasteiger partial charge on any atom is 0.274 e. The predicted molar refractivity (Wildman–Crippen MR) is 109 cm³/mol. The van der Waals surface area contributed by atoms with Crippen molar-refractivity contribution in [3.63, 3.8) is 0 Å². The van der Waals surface area contributed by atoms with Gasteiger partial charge in [-0.15, -0.1) is 0 Å². The molecule has 3 aromatic rings. The zero-order valence-electron chi connectivity index (χ0n) is 16.5. The summed E-state index contributed by atoms with van der Waals surface area (Å²) < 4.78 is 12.3. The highest BCUT2D eigenvalue weighted by Gasteiger charge is 2.32. The number of methoxy groups -OCH3 is 1. The van der Waals surface area contributed by atoms with Gasteiger partial charge in [0.2, 0.25) is 0 Å². The molecular weight excluding hydrogens is 392 g/mol. The molecule has 1 unspecified atom stereocenters. The highest BCUT2D eigenvalue weighted by Crippen LogP contribution is 2.34. The highest BCUT2D eigenvalue weighted by atomic mass is 35.5. The minimum Gasteiger partial charge on any atom is -0.497 e. The standard InChI is InChI=1S/C21H23ClN4O3/c1-25-20(16(22)13-23-25)21(27)26-11-5-3-4-6-18(26)17-12-19(29-24-17)14-7-9-15(28-2)10-8-14/h7-10,12-13,18H,3-6,11H2,1-2H3. The lowest BCUT2D eigenvalue weighted by Gasteiger charge is -2.28. The molecule has 1 aromatic carbocycles. The Bertz CT molecular complexity index is 976. The van der Waals surface area contributed by atoms with Crippen molar-refractivity contribution in [2.75, 3.05) is 13.7 Å². The van der Waals surface area contributed by atoms with Gasteiger partial charge in [-0.25, -0.2) is 0 Å². The van der Waals surface area contributed by atoms with Crippen LogP contribution in [0.2, 0.25) is 5.02 Å². The van der Waals surface area contributed by atoms with Crippen molar-refractivity contribution in [2.45, 2.75) is 31.7 Å². The summed E-state index contributed by atoms with van der Waals surface area (Å²) >= 11 is 6.23. The summed E-state index contributed by atoms with van der Waals surface area (Å²) in [5, 5.41) is 8.77. The molecule has 0 saturated carbocycles. The molecule has 1 saturated heterocycles. The number of hydrogen-bond acceptors (Lipinski definition) is 5. The average Bonchev–Trinajstić information content (AvgIpc) is 3.26. The van der Waals surface area contributed by atoms with Crippen LogP contribution in [0, 0.1) is 0 Å². The Balaban J connectivity index is 1.64. The largest absolute Gasteiger partial charge is 0.497 e. The number of aromatic nitrogens is 3. The molecule has 7 nitrogen and oxygen atoms in total. The molecule has 0 aliphatic carbocycles. The first-order chi connectivity index (χ1) is 14.1. The van der Waals surface area contributed by atoms with Gasteiger partial charge < -0.3 is 14.2 Å². The molecule has 1 aliphatic rings. The maximum absolute atomic E-state index is 13.3. The van der Waals surface area contributed by atoms with Crippen LogP contribution in [0.5, 0.6) is 5.75 Å². The molecule has 3 heterocycles. The van der Waals surface area contributed by atoms with Crippen molar-refractivity contribution in [2.24, 2.45) is 7.05 Å². The van der Waals surface area contributed by atoms with E-state index in [0.717, 1.165) is 42.7 Å². The van der Waals surface area contributed by atoms with Crippen molar-refractivity contribution in [1.29, 1.82) is 0 Å². The van der Waals surface area contributed by atoms with Gasteiger partial charge in [0.1, 0.15) is 17.1 Å². The molecule has 0 spiro atoms. The lowest BCUT2D eigenvalue weighted by Crippen LogP contribution is -2.36. The van der Waals surface area contributed by atoms with E-state index in [1.807, 2.05) is 35.2 Å². The molecule has 1 aliphatic heterocycles. The van der Waals surface area contributed by atoms with Crippen molar-refractivity contribution in [3.8, 4) is 17.1 Å². The van der Waals surface area contributed by atoms with Gasteiger partial charge in [-0.05, 0) is 37.1 Å². The Labute approximate surface area is 174 Å². The summed E-state index contributed by atoms with van der Waals surface area (Å²) in [6.45, 7) is 0.649. The number of aryl methyl sites for hydroxylation is 1. The first-order valence-corrected chi connectivity index (χ1v) is 10.1. The van der Waals surface area contributed by atoms with Crippen molar-refractivity contribution in [1.82, 2.24) is 19.8 Å². The smallest absolute Gasteiger partial charge is 0.274 e. The second kappa shape index (κ2) is 8.29. The lowest BCUT2D eigenvalue weighted by molar-refractivity contribution is 0.0663. The molecule has 1 fully saturated rings. The van der Waals surface area contributed by atoms with Gasteiger partial charge in [-0.2, -0.15) is 5.10 Å². The quantitative estimate of drug-likeness (QED) is 0.628. The number of nitrogens with zero attached hydrogens (tertiary/aromatic N) is 4. The topological polar surface area (TPSA) is 73.4 Å². The third kappa shape index (κ3) is 3.87. The molecular formula is C21H23ClN4O3. The fourth-order valence-corrected chi connectivity index (χ4v) is 4.03. The number of rotatable bonds is 4.